The molecular weight excluding hydrogens is 140 g/mol. The Labute approximate surface area is 68.1 Å². The first-order valence-electron chi connectivity index (χ1n) is 3.83. The van der Waals surface area contributed by atoms with Crippen LogP contribution in [0.15, 0.2) is 5.10 Å². The summed E-state index contributed by atoms with van der Waals surface area (Å²) in [6, 6.07) is 0. The third-order valence-electron chi connectivity index (χ3n) is 1.21. The van der Waals surface area contributed by atoms with Gasteiger partial charge in [0.15, 0.2) is 5.78 Å². The fourth-order valence-corrected chi connectivity index (χ4v) is 0.775. The average Bonchev–Trinajstić information content (AvgIpc) is 1.86. The quantitative estimate of drug-likeness (QED) is 0.454. The third kappa shape index (κ3) is 4.53. The second-order valence-corrected chi connectivity index (χ2v) is 2.70. The molecule has 11 heavy (non-hydrogen) atoms. The van der Waals surface area contributed by atoms with Crippen LogP contribution in [0.25, 0.3) is 0 Å². The zero-order valence-electron chi connectivity index (χ0n) is 7.72. The summed E-state index contributed by atoms with van der Waals surface area (Å²) >= 11 is 0. The molecule has 3 heteroatoms. The molecule has 0 spiro atoms. The van der Waals surface area contributed by atoms with Gasteiger partial charge in [-0.25, -0.2) is 0 Å². The number of carbonyl (C=O) groups excluding carboxylic acids is 1. The van der Waals surface area contributed by atoms with E-state index in [2.05, 4.69) is 5.10 Å². The van der Waals surface area contributed by atoms with Crippen molar-refractivity contribution >= 4 is 11.5 Å². The van der Waals surface area contributed by atoms with Gasteiger partial charge in [0.25, 0.3) is 0 Å². The normalized spacial score (nSPS) is 11.5. The summed E-state index contributed by atoms with van der Waals surface area (Å²) in [6.07, 6.45) is 1.74. The van der Waals surface area contributed by atoms with Crippen molar-refractivity contribution in [3.05, 3.63) is 0 Å². The van der Waals surface area contributed by atoms with E-state index >= 15 is 0 Å². The van der Waals surface area contributed by atoms with Crippen molar-refractivity contribution in [2.45, 2.75) is 26.7 Å². The Morgan fingerprint density at radius 3 is 2.27 bits per heavy atom. The first-order chi connectivity index (χ1) is 5.07. The zero-order valence-corrected chi connectivity index (χ0v) is 7.72. The second kappa shape index (κ2) is 4.88. The smallest absolute Gasteiger partial charge is 0.175 e. The molecule has 0 heterocycles. The molecule has 3 nitrogen and oxygen atoms in total. The van der Waals surface area contributed by atoms with Gasteiger partial charge in [0.1, 0.15) is 5.71 Å². The van der Waals surface area contributed by atoms with Crippen LogP contribution >= 0.6 is 0 Å². The highest BCUT2D eigenvalue weighted by molar-refractivity contribution is 6.38. The maximum Gasteiger partial charge on any atom is 0.175 e. The monoisotopic (exact) mass is 156 g/mol. The number of rotatable bonds is 4. The maximum atomic E-state index is 10.9. The lowest BCUT2D eigenvalue weighted by molar-refractivity contribution is -0.111. The van der Waals surface area contributed by atoms with Crippen LogP contribution in [0.3, 0.4) is 0 Å². The summed E-state index contributed by atoms with van der Waals surface area (Å²) in [6.45, 7) is 3.59. The highest BCUT2D eigenvalue weighted by atomic mass is 16.1. The Balaban J connectivity index is 4.20. The Morgan fingerprint density at radius 2 is 2.00 bits per heavy atom. The fourth-order valence-electron chi connectivity index (χ4n) is 0.775. The number of nitrogens with zero attached hydrogens (tertiary/aromatic N) is 2. The molecule has 0 saturated heterocycles. The Kier molecular flexibility index (Phi) is 4.50. The van der Waals surface area contributed by atoms with Crippen LogP contribution < -0.4 is 0 Å². The van der Waals surface area contributed by atoms with Gasteiger partial charge in [0, 0.05) is 21.0 Å². The van der Waals surface area contributed by atoms with Crippen LogP contribution in [-0.4, -0.2) is 30.6 Å². The number of hydrazone groups is 1. The summed E-state index contributed by atoms with van der Waals surface area (Å²) in [7, 11) is 3.64. The molecule has 0 radical (unpaired) electrons. The first-order valence-corrected chi connectivity index (χ1v) is 3.83. The van der Waals surface area contributed by atoms with Crippen LogP contribution in [0.1, 0.15) is 26.7 Å². The van der Waals surface area contributed by atoms with Crippen LogP contribution in [0.4, 0.5) is 0 Å². The van der Waals surface area contributed by atoms with Crippen LogP contribution in [-0.2, 0) is 4.79 Å². The standard InChI is InChI=1S/C8H16N2O/c1-5-6-8(7(2)11)9-10(3)4/h5-6H2,1-4H3. The summed E-state index contributed by atoms with van der Waals surface area (Å²) in [5, 5.41) is 5.73. The van der Waals surface area contributed by atoms with E-state index in [4.69, 9.17) is 0 Å². The van der Waals surface area contributed by atoms with Crippen molar-refractivity contribution in [2.75, 3.05) is 14.1 Å². The molecule has 0 saturated carbocycles. The largest absolute Gasteiger partial charge is 0.303 e. The maximum absolute atomic E-state index is 10.9. The van der Waals surface area contributed by atoms with Crippen LogP contribution in [0.5, 0.6) is 0 Å². The topological polar surface area (TPSA) is 32.7 Å². The molecule has 0 aliphatic carbocycles. The minimum atomic E-state index is 0.0700. The molecule has 0 unspecified atom stereocenters. The molecule has 64 valence electrons. The van der Waals surface area contributed by atoms with Gasteiger partial charge in [-0.3, -0.25) is 4.79 Å². The number of carbonyl (C=O) groups is 1. The molecule has 0 aliphatic heterocycles. The Morgan fingerprint density at radius 1 is 1.45 bits per heavy atom. The van der Waals surface area contributed by atoms with Crippen molar-refractivity contribution < 1.29 is 4.79 Å². The van der Waals surface area contributed by atoms with Gasteiger partial charge in [-0.1, -0.05) is 13.3 Å². The van der Waals surface area contributed by atoms with Crippen molar-refractivity contribution in [1.29, 1.82) is 0 Å². The number of hydrogen-bond acceptors (Lipinski definition) is 3. The second-order valence-electron chi connectivity index (χ2n) is 2.70. The van der Waals surface area contributed by atoms with Gasteiger partial charge in [-0.15, -0.1) is 0 Å². The summed E-state index contributed by atoms with van der Waals surface area (Å²) in [5.41, 5.74) is 0.664. The lowest BCUT2D eigenvalue weighted by Gasteiger charge is -2.06. The fraction of sp³-hybridized carbons (Fsp3) is 0.750. The number of ketones is 1. The van der Waals surface area contributed by atoms with Crippen LogP contribution in [0, 0.1) is 0 Å². The number of hydrogen-bond donors (Lipinski definition) is 0. The summed E-state index contributed by atoms with van der Waals surface area (Å²) < 4.78 is 0. The average molecular weight is 156 g/mol. The molecule has 0 N–H and O–H groups in total. The van der Waals surface area contributed by atoms with E-state index in [1.54, 1.807) is 11.9 Å². The van der Waals surface area contributed by atoms with E-state index in [0.29, 0.717) is 5.71 Å². The molecule has 0 amide bonds. The van der Waals surface area contributed by atoms with E-state index in [0.717, 1.165) is 12.8 Å². The van der Waals surface area contributed by atoms with Gasteiger partial charge in [0.2, 0.25) is 0 Å². The van der Waals surface area contributed by atoms with Gasteiger partial charge in [0.05, 0.1) is 0 Å². The molecule has 0 bridgehead atoms. The van der Waals surface area contributed by atoms with Gasteiger partial charge in [-0.05, 0) is 6.42 Å². The minimum absolute atomic E-state index is 0.0700. The summed E-state index contributed by atoms with van der Waals surface area (Å²) in [5.74, 6) is 0.0700. The van der Waals surface area contributed by atoms with Crippen molar-refractivity contribution in [1.82, 2.24) is 5.01 Å². The molecule has 0 aromatic carbocycles. The van der Waals surface area contributed by atoms with Crippen LogP contribution in [0.2, 0.25) is 0 Å². The van der Waals surface area contributed by atoms with Gasteiger partial charge in [-0.2, -0.15) is 5.10 Å². The van der Waals surface area contributed by atoms with Crippen molar-refractivity contribution in [2.24, 2.45) is 5.10 Å². The highest BCUT2D eigenvalue weighted by Crippen LogP contribution is 1.94. The lowest BCUT2D eigenvalue weighted by atomic mass is 10.2. The molecule has 0 fully saturated rings. The molecule has 0 rings (SSSR count). The molecular formula is C8H16N2O. The lowest BCUT2D eigenvalue weighted by Crippen LogP contribution is -2.15. The SMILES string of the molecule is CCCC(=NN(C)C)C(C)=O. The Hall–Kier alpha value is -0.860. The third-order valence-corrected chi connectivity index (χ3v) is 1.21. The van der Waals surface area contributed by atoms with E-state index in [-0.39, 0.29) is 5.78 Å². The minimum Gasteiger partial charge on any atom is -0.303 e. The van der Waals surface area contributed by atoms with E-state index < -0.39 is 0 Å². The summed E-state index contributed by atoms with van der Waals surface area (Å²) in [4.78, 5) is 10.9. The predicted octanol–water partition coefficient (Wildman–Crippen LogP) is 1.29. The molecule has 0 aromatic heterocycles. The van der Waals surface area contributed by atoms with Gasteiger partial charge >= 0.3 is 0 Å². The van der Waals surface area contributed by atoms with E-state index in [9.17, 15) is 4.79 Å². The van der Waals surface area contributed by atoms with Gasteiger partial charge < -0.3 is 5.01 Å². The Bertz CT molecular complexity index is 161. The molecule has 0 atom stereocenters. The van der Waals surface area contributed by atoms with E-state index in [1.165, 1.54) is 0 Å². The first kappa shape index (κ1) is 10.1. The van der Waals surface area contributed by atoms with E-state index in [1.807, 2.05) is 21.0 Å². The molecule has 0 aromatic rings. The van der Waals surface area contributed by atoms with Crippen molar-refractivity contribution in [3.63, 3.8) is 0 Å². The highest BCUT2D eigenvalue weighted by Gasteiger charge is 2.03. The molecule has 0 aliphatic rings. The zero-order chi connectivity index (χ0) is 8.85. The number of Topliss-reactive ketones (excluding diaryl/α,β-unsaturated/α-hetero) is 1. The van der Waals surface area contributed by atoms with Crippen molar-refractivity contribution in [3.8, 4) is 0 Å². The predicted molar refractivity (Wildman–Crippen MR) is 46.7 cm³/mol.